The van der Waals surface area contributed by atoms with Crippen molar-refractivity contribution in [2.45, 2.75) is 6.92 Å². The zero-order valence-corrected chi connectivity index (χ0v) is 13.3. The van der Waals surface area contributed by atoms with Crippen LogP contribution in [-0.2, 0) is 4.79 Å². The van der Waals surface area contributed by atoms with Gasteiger partial charge in [0.15, 0.2) is 6.61 Å². The maximum absolute atomic E-state index is 11.9. The lowest BCUT2D eigenvalue weighted by Crippen LogP contribution is -2.20. The van der Waals surface area contributed by atoms with Gasteiger partial charge >= 0.3 is 0 Å². The van der Waals surface area contributed by atoms with E-state index >= 15 is 0 Å². The van der Waals surface area contributed by atoms with Crippen LogP contribution >= 0.6 is 15.9 Å². The van der Waals surface area contributed by atoms with E-state index in [1.165, 1.54) is 18.2 Å². The monoisotopic (exact) mass is 364 g/mol. The molecule has 0 fully saturated rings. The van der Waals surface area contributed by atoms with Crippen LogP contribution < -0.4 is 10.1 Å². The summed E-state index contributed by atoms with van der Waals surface area (Å²) in [5.74, 6) is 0.123. The molecule has 0 spiro atoms. The zero-order valence-electron chi connectivity index (χ0n) is 11.7. The van der Waals surface area contributed by atoms with Gasteiger partial charge in [-0.2, -0.15) is 0 Å². The number of carbonyl (C=O) groups excluding carboxylic acids is 1. The molecule has 0 aromatic heterocycles. The number of nitrogens with zero attached hydrogens (tertiary/aromatic N) is 1. The molecular weight excluding hydrogens is 352 g/mol. The number of rotatable bonds is 5. The molecule has 0 aliphatic carbocycles. The first-order valence-electron chi connectivity index (χ1n) is 6.39. The number of amides is 1. The summed E-state index contributed by atoms with van der Waals surface area (Å²) in [5, 5.41) is 13.4. The Hall–Kier alpha value is -2.41. The molecule has 0 saturated heterocycles. The van der Waals surface area contributed by atoms with Gasteiger partial charge in [-0.3, -0.25) is 14.9 Å². The van der Waals surface area contributed by atoms with E-state index in [2.05, 4.69) is 21.2 Å². The quantitative estimate of drug-likeness (QED) is 0.647. The average molecular weight is 365 g/mol. The number of halogens is 1. The average Bonchev–Trinajstić information content (AvgIpc) is 2.48. The molecule has 0 saturated carbocycles. The summed E-state index contributed by atoms with van der Waals surface area (Å²) in [5.41, 5.74) is 1.24. The third-order valence-electron chi connectivity index (χ3n) is 2.88. The molecule has 0 bridgehead atoms. The summed E-state index contributed by atoms with van der Waals surface area (Å²) < 4.78 is 6.17. The van der Waals surface area contributed by atoms with Gasteiger partial charge in [-0.25, -0.2) is 0 Å². The molecule has 0 radical (unpaired) electrons. The van der Waals surface area contributed by atoms with E-state index in [0.29, 0.717) is 17.0 Å². The predicted octanol–water partition coefficient (Wildman–Crippen LogP) is 3.68. The topological polar surface area (TPSA) is 81.5 Å². The Balaban J connectivity index is 1.97. The van der Waals surface area contributed by atoms with Crippen molar-refractivity contribution in [3.63, 3.8) is 0 Å². The van der Waals surface area contributed by atoms with Gasteiger partial charge < -0.3 is 10.1 Å². The summed E-state index contributed by atoms with van der Waals surface area (Å²) in [6.07, 6.45) is 0. The fourth-order valence-corrected chi connectivity index (χ4v) is 2.19. The number of nitro groups is 1. The standard InChI is InChI=1S/C15H13BrN2O4/c1-10-8-11(18(20)21)6-7-14(10)22-9-15(19)17-13-5-3-2-4-12(13)16/h2-8H,9H2,1H3,(H,17,19). The van der Waals surface area contributed by atoms with Crippen molar-refractivity contribution in [1.82, 2.24) is 0 Å². The summed E-state index contributed by atoms with van der Waals surface area (Å²) in [6, 6.07) is 11.5. The third-order valence-corrected chi connectivity index (χ3v) is 3.57. The van der Waals surface area contributed by atoms with Crippen LogP contribution in [0.25, 0.3) is 0 Å². The number of aryl methyl sites for hydroxylation is 1. The molecule has 0 heterocycles. The largest absolute Gasteiger partial charge is 0.483 e. The normalized spacial score (nSPS) is 10.1. The number of nitrogens with one attached hydrogen (secondary N) is 1. The molecule has 0 aliphatic heterocycles. The fourth-order valence-electron chi connectivity index (χ4n) is 1.80. The molecule has 2 aromatic carbocycles. The smallest absolute Gasteiger partial charge is 0.269 e. The summed E-state index contributed by atoms with van der Waals surface area (Å²) in [6.45, 7) is 1.51. The molecule has 1 amide bonds. The first-order chi connectivity index (χ1) is 10.5. The Morgan fingerprint density at radius 3 is 2.68 bits per heavy atom. The van der Waals surface area contributed by atoms with Crippen LogP contribution in [0.2, 0.25) is 0 Å². The van der Waals surface area contributed by atoms with Gasteiger partial charge in [-0.05, 0) is 46.6 Å². The number of para-hydroxylation sites is 1. The first kappa shape index (κ1) is 16.0. The number of hydrogen-bond donors (Lipinski definition) is 1. The third kappa shape index (κ3) is 4.05. The van der Waals surface area contributed by atoms with Crippen molar-refractivity contribution < 1.29 is 14.5 Å². The lowest BCUT2D eigenvalue weighted by atomic mass is 10.2. The Kier molecular flexibility index (Phi) is 5.11. The Morgan fingerprint density at radius 2 is 2.05 bits per heavy atom. The van der Waals surface area contributed by atoms with Gasteiger partial charge in [0.2, 0.25) is 0 Å². The molecule has 6 nitrogen and oxygen atoms in total. The minimum Gasteiger partial charge on any atom is -0.483 e. The maximum Gasteiger partial charge on any atom is 0.269 e. The van der Waals surface area contributed by atoms with Crippen LogP contribution in [0.1, 0.15) is 5.56 Å². The minimum atomic E-state index is -0.476. The Labute approximate surface area is 135 Å². The van der Waals surface area contributed by atoms with E-state index in [4.69, 9.17) is 4.74 Å². The van der Waals surface area contributed by atoms with Gasteiger partial charge in [-0.15, -0.1) is 0 Å². The van der Waals surface area contributed by atoms with E-state index in [1.807, 2.05) is 18.2 Å². The van der Waals surface area contributed by atoms with Crippen molar-refractivity contribution in [1.29, 1.82) is 0 Å². The number of nitro benzene ring substituents is 1. The van der Waals surface area contributed by atoms with Gasteiger partial charge in [-0.1, -0.05) is 12.1 Å². The van der Waals surface area contributed by atoms with E-state index in [-0.39, 0.29) is 18.2 Å². The van der Waals surface area contributed by atoms with Crippen LogP contribution in [0, 0.1) is 17.0 Å². The second-order valence-corrected chi connectivity index (χ2v) is 5.38. The van der Waals surface area contributed by atoms with Gasteiger partial charge in [0, 0.05) is 16.6 Å². The van der Waals surface area contributed by atoms with Crippen molar-refractivity contribution in [3.8, 4) is 5.75 Å². The highest BCUT2D eigenvalue weighted by atomic mass is 79.9. The Bertz CT molecular complexity index is 718. The summed E-state index contributed by atoms with van der Waals surface area (Å²) >= 11 is 3.33. The molecule has 2 aromatic rings. The highest BCUT2D eigenvalue weighted by Gasteiger charge is 2.11. The van der Waals surface area contributed by atoms with Gasteiger partial charge in [0.25, 0.3) is 11.6 Å². The van der Waals surface area contributed by atoms with Crippen LogP contribution in [-0.4, -0.2) is 17.4 Å². The summed E-state index contributed by atoms with van der Waals surface area (Å²) in [4.78, 5) is 22.0. The first-order valence-corrected chi connectivity index (χ1v) is 7.19. The van der Waals surface area contributed by atoms with E-state index in [0.717, 1.165) is 4.47 Å². The molecule has 0 unspecified atom stereocenters. The lowest BCUT2D eigenvalue weighted by Gasteiger charge is -2.10. The number of non-ortho nitro benzene ring substituents is 1. The Morgan fingerprint density at radius 1 is 1.32 bits per heavy atom. The highest BCUT2D eigenvalue weighted by Crippen LogP contribution is 2.24. The SMILES string of the molecule is Cc1cc([N+](=O)[O-])ccc1OCC(=O)Nc1ccccc1Br. The number of benzene rings is 2. The van der Waals surface area contributed by atoms with Crippen molar-refractivity contribution in [2.75, 3.05) is 11.9 Å². The van der Waals surface area contributed by atoms with Crippen LogP contribution in [0.4, 0.5) is 11.4 Å². The van der Waals surface area contributed by atoms with Crippen LogP contribution in [0.15, 0.2) is 46.9 Å². The molecule has 114 valence electrons. The lowest BCUT2D eigenvalue weighted by molar-refractivity contribution is -0.384. The molecule has 0 atom stereocenters. The van der Waals surface area contributed by atoms with Crippen LogP contribution in [0.3, 0.4) is 0 Å². The molecule has 7 heteroatoms. The zero-order chi connectivity index (χ0) is 16.1. The number of anilines is 1. The van der Waals surface area contributed by atoms with Crippen molar-refractivity contribution in [3.05, 3.63) is 62.6 Å². The molecule has 1 N–H and O–H groups in total. The highest BCUT2D eigenvalue weighted by molar-refractivity contribution is 9.10. The second kappa shape index (κ2) is 7.04. The number of hydrogen-bond acceptors (Lipinski definition) is 4. The number of carbonyl (C=O) groups is 1. The van der Waals surface area contributed by atoms with E-state index in [9.17, 15) is 14.9 Å². The molecule has 22 heavy (non-hydrogen) atoms. The van der Waals surface area contributed by atoms with E-state index in [1.54, 1.807) is 13.0 Å². The minimum absolute atomic E-state index is 0.0116. The molecule has 2 rings (SSSR count). The van der Waals surface area contributed by atoms with E-state index < -0.39 is 4.92 Å². The maximum atomic E-state index is 11.9. The predicted molar refractivity (Wildman–Crippen MR) is 86.1 cm³/mol. The van der Waals surface area contributed by atoms with Crippen LogP contribution in [0.5, 0.6) is 5.75 Å². The second-order valence-electron chi connectivity index (χ2n) is 4.52. The molecule has 0 aliphatic rings. The van der Waals surface area contributed by atoms with Crippen molar-refractivity contribution in [2.24, 2.45) is 0 Å². The number of ether oxygens (including phenoxy) is 1. The van der Waals surface area contributed by atoms with Gasteiger partial charge in [0.05, 0.1) is 10.6 Å². The summed E-state index contributed by atoms with van der Waals surface area (Å²) in [7, 11) is 0. The fraction of sp³-hybridized carbons (Fsp3) is 0.133. The van der Waals surface area contributed by atoms with Crippen molar-refractivity contribution >= 4 is 33.2 Å². The molecular formula is C15H13BrN2O4. The van der Waals surface area contributed by atoms with Gasteiger partial charge in [0.1, 0.15) is 5.75 Å².